The zero-order chi connectivity index (χ0) is 11.5. The molecule has 1 saturated carbocycles. The van der Waals surface area contributed by atoms with Crippen molar-refractivity contribution in [3.05, 3.63) is 0 Å². The topological polar surface area (TPSA) is 75.3 Å². The van der Waals surface area contributed by atoms with Gasteiger partial charge in [0.05, 0.1) is 0 Å². The SMILES string of the molecule is CC(C)(C[C@@H]1CCC[C@@H](N)C1)NC(=O)O. The molecule has 1 fully saturated rings. The Labute approximate surface area is 91.2 Å². The molecule has 0 spiro atoms. The van der Waals surface area contributed by atoms with E-state index in [2.05, 4.69) is 5.32 Å². The smallest absolute Gasteiger partial charge is 0.405 e. The van der Waals surface area contributed by atoms with Crippen LogP contribution in [0.15, 0.2) is 0 Å². The Balaban J connectivity index is 2.41. The molecule has 0 aromatic carbocycles. The molecular formula is C11H22N2O2. The van der Waals surface area contributed by atoms with E-state index in [4.69, 9.17) is 10.8 Å². The molecule has 0 heterocycles. The number of nitrogens with one attached hydrogen (secondary N) is 1. The maximum Gasteiger partial charge on any atom is 0.405 e. The van der Waals surface area contributed by atoms with Gasteiger partial charge in [-0.1, -0.05) is 12.8 Å². The fourth-order valence-corrected chi connectivity index (χ4v) is 2.58. The van der Waals surface area contributed by atoms with E-state index in [0.29, 0.717) is 12.0 Å². The normalized spacial score (nSPS) is 27.4. The van der Waals surface area contributed by atoms with Crippen LogP contribution in [0.2, 0.25) is 0 Å². The van der Waals surface area contributed by atoms with Crippen molar-refractivity contribution in [1.29, 1.82) is 0 Å². The minimum atomic E-state index is -0.944. The van der Waals surface area contributed by atoms with E-state index >= 15 is 0 Å². The number of carboxylic acid groups (broad SMARTS) is 1. The third-order valence-electron chi connectivity index (χ3n) is 3.07. The van der Waals surface area contributed by atoms with Crippen molar-refractivity contribution in [3.63, 3.8) is 0 Å². The van der Waals surface area contributed by atoms with Gasteiger partial charge < -0.3 is 16.2 Å². The second-order valence-corrected chi connectivity index (χ2v) is 5.31. The molecule has 0 unspecified atom stereocenters. The average Bonchev–Trinajstić information content (AvgIpc) is 1.99. The average molecular weight is 214 g/mol. The van der Waals surface area contributed by atoms with Gasteiger partial charge in [-0.2, -0.15) is 0 Å². The first-order chi connectivity index (χ1) is 6.89. The molecule has 4 N–H and O–H groups in total. The van der Waals surface area contributed by atoms with Gasteiger partial charge in [-0.15, -0.1) is 0 Å². The molecule has 0 aromatic heterocycles. The highest BCUT2D eigenvalue weighted by molar-refractivity contribution is 5.65. The Morgan fingerprint density at radius 3 is 2.73 bits per heavy atom. The monoisotopic (exact) mass is 214 g/mol. The highest BCUT2D eigenvalue weighted by Crippen LogP contribution is 2.29. The lowest BCUT2D eigenvalue weighted by molar-refractivity contribution is 0.171. The number of amides is 1. The largest absolute Gasteiger partial charge is 0.465 e. The number of nitrogens with two attached hydrogens (primary N) is 1. The Bertz CT molecular complexity index is 229. The van der Waals surface area contributed by atoms with E-state index < -0.39 is 6.09 Å². The summed E-state index contributed by atoms with van der Waals surface area (Å²) < 4.78 is 0. The van der Waals surface area contributed by atoms with Gasteiger partial charge in [0, 0.05) is 11.6 Å². The van der Waals surface area contributed by atoms with E-state index in [1.54, 1.807) is 0 Å². The molecule has 0 aromatic rings. The van der Waals surface area contributed by atoms with Crippen LogP contribution < -0.4 is 11.1 Å². The van der Waals surface area contributed by atoms with E-state index in [1.807, 2.05) is 13.8 Å². The summed E-state index contributed by atoms with van der Waals surface area (Å²) in [5, 5.41) is 11.3. The summed E-state index contributed by atoms with van der Waals surface area (Å²) in [6, 6.07) is 0.310. The first-order valence-electron chi connectivity index (χ1n) is 5.66. The molecule has 1 aliphatic carbocycles. The van der Waals surface area contributed by atoms with Gasteiger partial charge in [0.15, 0.2) is 0 Å². The van der Waals surface area contributed by atoms with Crippen LogP contribution in [0.3, 0.4) is 0 Å². The minimum absolute atomic E-state index is 0.310. The molecule has 0 aliphatic heterocycles. The molecule has 1 amide bonds. The first kappa shape index (κ1) is 12.3. The zero-order valence-electron chi connectivity index (χ0n) is 9.62. The molecule has 4 nitrogen and oxygen atoms in total. The van der Waals surface area contributed by atoms with Gasteiger partial charge in [0.25, 0.3) is 0 Å². The number of rotatable bonds is 3. The predicted octanol–water partition coefficient (Wildman–Crippen LogP) is 1.94. The van der Waals surface area contributed by atoms with Crippen LogP contribution in [0, 0.1) is 5.92 Å². The highest BCUT2D eigenvalue weighted by Gasteiger charge is 2.27. The second kappa shape index (κ2) is 4.84. The van der Waals surface area contributed by atoms with E-state index in [-0.39, 0.29) is 5.54 Å². The van der Waals surface area contributed by atoms with Crippen LogP contribution in [-0.2, 0) is 0 Å². The minimum Gasteiger partial charge on any atom is -0.465 e. The molecule has 2 atom stereocenters. The molecule has 4 heteroatoms. The van der Waals surface area contributed by atoms with Crippen molar-refractivity contribution < 1.29 is 9.90 Å². The third kappa shape index (κ3) is 4.51. The van der Waals surface area contributed by atoms with Crippen LogP contribution in [0.4, 0.5) is 4.79 Å². The lowest BCUT2D eigenvalue weighted by atomic mass is 9.79. The van der Waals surface area contributed by atoms with Crippen molar-refractivity contribution in [2.45, 2.75) is 57.5 Å². The van der Waals surface area contributed by atoms with E-state index in [0.717, 1.165) is 19.3 Å². The standard InChI is InChI=1S/C11H22N2O2/c1-11(2,13-10(14)15)7-8-4-3-5-9(12)6-8/h8-9,13H,3-7,12H2,1-2H3,(H,14,15)/t8-,9-/m1/s1. The number of hydrogen-bond donors (Lipinski definition) is 3. The van der Waals surface area contributed by atoms with E-state index in [1.165, 1.54) is 12.8 Å². The Morgan fingerprint density at radius 2 is 2.20 bits per heavy atom. The summed E-state index contributed by atoms with van der Waals surface area (Å²) in [4.78, 5) is 10.6. The molecule has 1 rings (SSSR count). The zero-order valence-corrected chi connectivity index (χ0v) is 9.62. The van der Waals surface area contributed by atoms with Crippen LogP contribution in [0.5, 0.6) is 0 Å². The van der Waals surface area contributed by atoms with Crippen molar-refractivity contribution in [2.75, 3.05) is 0 Å². The molecule has 15 heavy (non-hydrogen) atoms. The van der Waals surface area contributed by atoms with Gasteiger partial charge in [-0.05, 0) is 39.0 Å². The summed E-state index contributed by atoms with van der Waals surface area (Å²) in [6.45, 7) is 3.86. The molecule has 0 bridgehead atoms. The number of hydrogen-bond acceptors (Lipinski definition) is 2. The summed E-state index contributed by atoms with van der Waals surface area (Å²) in [5.41, 5.74) is 5.57. The maximum atomic E-state index is 10.6. The van der Waals surface area contributed by atoms with Crippen LogP contribution in [0.1, 0.15) is 46.0 Å². The van der Waals surface area contributed by atoms with Crippen molar-refractivity contribution in [1.82, 2.24) is 5.32 Å². The highest BCUT2D eigenvalue weighted by atomic mass is 16.4. The van der Waals surface area contributed by atoms with Gasteiger partial charge in [-0.3, -0.25) is 0 Å². The summed E-state index contributed by atoms with van der Waals surface area (Å²) in [7, 11) is 0. The van der Waals surface area contributed by atoms with Crippen LogP contribution in [-0.4, -0.2) is 22.8 Å². The van der Waals surface area contributed by atoms with Crippen molar-refractivity contribution in [2.24, 2.45) is 11.7 Å². The second-order valence-electron chi connectivity index (χ2n) is 5.31. The number of carbonyl (C=O) groups is 1. The molecule has 88 valence electrons. The summed E-state index contributed by atoms with van der Waals surface area (Å²) in [6.07, 6.45) is 4.44. The molecule has 1 aliphatic rings. The van der Waals surface area contributed by atoms with Crippen molar-refractivity contribution in [3.8, 4) is 0 Å². The fraction of sp³-hybridized carbons (Fsp3) is 0.909. The van der Waals surface area contributed by atoms with Crippen LogP contribution >= 0.6 is 0 Å². The lowest BCUT2D eigenvalue weighted by Gasteiger charge is -2.33. The Hall–Kier alpha value is -0.770. The van der Waals surface area contributed by atoms with E-state index in [9.17, 15) is 4.79 Å². The van der Waals surface area contributed by atoms with Gasteiger partial charge >= 0.3 is 6.09 Å². The lowest BCUT2D eigenvalue weighted by Crippen LogP contribution is -2.45. The van der Waals surface area contributed by atoms with Gasteiger partial charge in [-0.25, -0.2) is 4.79 Å². The summed E-state index contributed by atoms with van der Waals surface area (Å²) in [5.74, 6) is 0.565. The quantitative estimate of drug-likeness (QED) is 0.672. The van der Waals surface area contributed by atoms with Crippen molar-refractivity contribution >= 4 is 6.09 Å². The summed E-state index contributed by atoms with van der Waals surface area (Å²) >= 11 is 0. The van der Waals surface area contributed by atoms with Gasteiger partial charge in [0.2, 0.25) is 0 Å². The van der Waals surface area contributed by atoms with Crippen LogP contribution in [0.25, 0.3) is 0 Å². The van der Waals surface area contributed by atoms with Gasteiger partial charge in [0.1, 0.15) is 0 Å². The molecular weight excluding hydrogens is 192 g/mol. The fourth-order valence-electron chi connectivity index (χ4n) is 2.58. The first-order valence-corrected chi connectivity index (χ1v) is 5.66. The maximum absolute atomic E-state index is 10.6. The Kier molecular flexibility index (Phi) is 3.97. The third-order valence-corrected chi connectivity index (χ3v) is 3.07. The Morgan fingerprint density at radius 1 is 1.53 bits per heavy atom. The predicted molar refractivity (Wildman–Crippen MR) is 59.8 cm³/mol. The molecule has 0 saturated heterocycles. The molecule has 0 radical (unpaired) electrons.